The van der Waals surface area contributed by atoms with Crippen molar-refractivity contribution < 1.29 is 0 Å². The lowest BCUT2D eigenvalue weighted by Gasteiger charge is -2.12. The van der Waals surface area contributed by atoms with Crippen molar-refractivity contribution in [2.75, 3.05) is 21.7 Å². The van der Waals surface area contributed by atoms with Gasteiger partial charge in [0.05, 0.1) is 4.58 Å². The van der Waals surface area contributed by atoms with Crippen molar-refractivity contribution in [2.45, 2.75) is 11.5 Å². The third kappa shape index (κ3) is 8.09. The van der Waals surface area contributed by atoms with Gasteiger partial charge in [0.2, 0.25) is 0 Å². The second-order valence-corrected chi connectivity index (χ2v) is 7.17. The topological polar surface area (TPSA) is 0 Å². The fourth-order valence-corrected chi connectivity index (χ4v) is 5.11. The maximum Gasteiger partial charge on any atom is 0.0609 e. The Kier molecular flexibility index (Phi) is 11.4. The van der Waals surface area contributed by atoms with E-state index in [1.165, 1.54) is 11.5 Å². The summed E-state index contributed by atoms with van der Waals surface area (Å²) in [4.78, 5) is 0. The smallest absolute Gasteiger partial charge is 0.0609 e. The molecule has 68 valence electrons. The molecule has 5 heteroatoms. The van der Waals surface area contributed by atoms with Crippen LogP contribution in [0.1, 0.15) is 6.92 Å². The van der Waals surface area contributed by atoms with Crippen molar-refractivity contribution >= 4 is 60.5 Å². The van der Waals surface area contributed by atoms with E-state index in [-0.39, 0.29) is 0 Å². The molecule has 0 aromatic carbocycles. The minimum absolute atomic E-state index is 0.676. The third-order valence-electron chi connectivity index (χ3n) is 0.979. The maximum absolute atomic E-state index is 4.19. The van der Waals surface area contributed by atoms with Crippen LogP contribution in [0.4, 0.5) is 0 Å². The second kappa shape index (κ2) is 9.84. The number of hydrogen-bond donors (Lipinski definition) is 2. The monoisotopic (exact) mass is 246 g/mol. The van der Waals surface area contributed by atoms with Crippen molar-refractivity contribution in [1.82, 2.24) is 0 Å². The summed E-state index contributed by atoms with van der Waals surface area (Å²) in [6.45, 7) is 2.19. The molecule has 0 aliphatic carbocycles. The van der Waals surface area contributed by atoms with Gasteiger partial charge in [-0.05, 0) is 5.75 Å². The van der Waals surface area contributed by atoms with Crippen molar-refractivity contribution in [3.05, 3.63) is 0 Å². The summed E-state index contributed by atoms with van der Waals surface area (Å²) in [5.74, 6) is 2.42. The van der Waals surface area contributed by atoms with Gasteiger partial charge in [-0.3, -0.25) is 0 Å². The first kappa shape index (κ1) is 12.8. The fraction of sp³-hybridized carbons (Fsp3) is 1.00. The molecule has 0 bridgehead atoms. The molecular formula is C6H14S5. The van der Waals surface area contributed by atoms with Crippen molar-refractivity contribution in [2.24, 2.45) is 0 Å². The highest BCUT2D eigenvalue weighted by Gasteiger charge is 2.06. The number of hydrogen-bond acceptors (Lipinski definition) is 5. The predicted molar refractivity (Wildman–Crippen MR) is 69.7 cm³/mol. The summed E-state index contributed by atoms with van der Waals surface area (Å²) in [6, 6.07) is 0. The summed E-state index contributed by atoms with van der Waals surface area (Å²) < 4.78 is 0.676. The van der Waals surface area contributed by atoms with Gasteiger partial charge in [0, 0.05) is 15.9 Å². The Hall–Kier alpha value is 1.75. The van der Waals surface area contributed by atoms with Crippen LogP contribution in [0.15, 0.2) is 0 Å². The van der Waals surface area contributed by atoms with Gasteiger partial charge in [0.25, 0.3) is 0 Å². The van der Waals surface area contributed by atoms with E-state index in [9.17, 15) is 0 Å². The van der Waals surface area contributed by atoms with E-state index in [0.29, 0.717) is 4.58 Å². The summed E-state index contributed by atoms with van der Waals surface area (Å²) >= 11 is 14.2. The minimum atomic E-state index is 0.676. The van der Waals surface area contributed by atoms with Gasteiger partial charge in [0.1, 0.15) is 0 Å². The van der Waals surface area contributed by atoms with Crippen molar-refractivity contribution in [3.8, 4) is 0 Å². The highest BCUT2D eigenvalue weighted by Crippen LogP contribution is 2.28. The Morgan fingerprint density at radius 3 is 2.09 bits per heavy atom. The van der Waals surface area contributed by atoms with Gasteiger partial charge in [-0.2, -0.15) is 37.0 Å². The first-order valence-electron chi connectivity index (χ1n) is 3.37. The molecule has 0 atom stereocenters. The van der Waals surface area contributed by atoms with Crippen LogP contribution >= 0.6 is 60.5 Å². The Morgan fingerprint density at radius 1 is 1.18 bits per heavy atom. The molecule has 0 rings (SSSR count). The summed E-state index contributed by atoms with van der Waals surface area (Å²) in [7, 11) is 0. The second-order valence-electron chi connectivity index (χ2n) is 1.68. The van der Waals surface area contributed by atoms with Gasteiger partial charge in [0.15, 0.2) is 0 Å². The van der Waals surface area contributed by atoms with Crippen LogP contribution < -0.4 is 0 Å². The lowest BCUT2D eigenvalue weighted by Crippen LogP contribution is -2.01. The Morgan fingerprint density at radius 2 is 1.73 bits per heavy atom. The summed E-state index contributed by atoms with van der Waals surface area (Å²) in [5.41, 5.74) is 0. The molecule has 0 heterocycles. The average Bonchev–Trinajstić information content (AvgIpc) is 2.01. The molecule has 11 heavy (non-hydrogen) atoms. The minimum Gasteiger partial charge on any atom is -0.168 e. The van der Waals surface area contributed by atoms with Crippen LogP contribution in [0.25, 0.3) is 0 Å². The van der Waals surface area contributed by atoms with E-state index in [2.05, 4.69) is 32.2 Å². The van der Waals surface area contributed by atoms with Crippen LogP contribution in [0.2, 0.25) is 0 Å². The maximum atomic E-state index is 4.19. The van der Waals surface area contributed by atoms with Gasteiger partial charge in [-0.25, -0.2) is 0 Å². The Balaban J connectivity index is 3.34. The quantitative estimate of drug-likeness (QED) is 0.523. The zero-order chi connectivity index (χ0) is 8.53. The lowest BCUT2D eigenvalue weighted by atomic mass is 10.9. The molecule has 0 radical (unpaired) electrons. The van der Waals surface area contributed by atoms with E-state index in [4.69, 9.17) is 0 Å². The van der Waals surface area contributed by atoms with Gasteiger partial charge < -0.3 is 0 Å². The molecule has 0 aromatic heterocycles. The SMILES string of the molecule is CCSCC(SCS)SCS. The lowest BCUT2D eigenvalue weighted by molar-refractivity contribution is 1.42. The van der Waals surface area contributed by atoms with Crippen LogP contribution in [-0.2, 0) is 0 Å². The molecule has 0 aromatic rings. The van der Waals surface area contributed by atoms with Crippen LogP contribution in [0.5, 0.6) is 0 Å². The standard InChI is InChI=1S/C6H14S5/c1-2-9-3-6(10-4-7)11-5-8/h6-8H,2-5H2,1H3. The first-order chi connectivity index (χ1) is 5.35. The van der Waals surface area contributed by atoms with Gasteiger partial charge >= 0.3 is 0 Å². The molecule has 0 amide bonds. The van der Waals surface area contributed by atoms with Crippen molar-refractivity contribution in [1.29, 1.82) is 0 Å². The highest BCUT2D eigenvalue weighted by atomic mass is 32.2. The molecule has 0 aliphatic rings. The van der Waals surface area contributed by atoms with Crippen molar-refractivity contribution in [3.63, 3.8) is 0 Å². The molecule has 0 saturated heterocycles. The largest absolute Gasteiger partial charge is 0.168 e. The normalized spacial score (nSPS) is 10.9. The van der Waals surface area contributed by atoms with Crippen LogP contribution in [-0.4, -0.2) is 26.3 Å². The number of rotatable bonds is 7. The first-order valence-corrected chi connectivity index (χ1v) is 7.89. The fourth-order valence-electron chi connectivity index (χ4n) is 0.525. The van der Waals surface area contributed by atoms with Gasteiger partial charge in [-0.1, -0.05) is 6.92 Å². The molecule has 0 nitrogen and oxygen atoms in total. The summed E-state index contributed by atoms with van der Waals surface area (Å²) in [5, 5.41) is 1.82. The molecular weight excluding hydrogens is 232 g/mol. The van der Waals surface area contributed by atoms with E-state index in [0.717, 1.165) is 10.2 Å². The molecule has 0 spiro atoms. The van der Waals surface area contributed by atoms with E-state index in [1.807, 2.05) is 35.3 Å². The number of thioether (sulfide) groups is 3. The zero-order valence-electron chi connectivity index (χ0n) is 6.52. The van der Waals surface area contributed by atoms with E-state index in [1.54, 1.807) is 0 Å². The average molecular weight is 247 g/mol. The van der Waals surface area contributed by atoms with Gasteiger partial charge in [-0.15, -0.1) is 23.5 Å². The third-order valence-corrected chi connectivity index (χ3v) is 5.46. The molecule has 0 saturated carbocycles. The molecule has 0 unspecified atom stereocenters. The van der Waals surface area contributed by atoms with E-state index >= 15 is 0 Å². The molecule has 0 fully saturated rings. The molecule has 0 N–H and O–H groups in total. The Labute approximate surface area is 93.2 Å². The molecule has 0 aliphatic heterocycles. The van der Waals surface area contributed by atoms with Crippen LogP contribution in [0.3, 0.4) is 0 Å². The number of thiol groups is 2. The summed E-state index contributed by atoms with van der Waals surface area (Å²) in [6.07, 6.45) is 0. The Bertz CT molecular complexity index is 71.4. The van der Waals surface area contributed by atoms with Crippen LogP contribution in [0, 0.1) is 0 Å². The highest BCUT2D eigenvalue weighted by molar-refractivity contribution is 8.24. The predicted octanol–water partition coefficient (Wildman–Crippen LogP) is 3.31. The van der Waals surface area contributed by atoms with E-state index < -0.39 is 0 Å². The zero-order valence-corrected chi connectivity index (χ0v) is 10.8.